The summed E-state index contributed by atoms with van der Waals surface area (Å²) in [5.74, 6) is 6.39. The Bertz CT molecular complexity index is 6110. The normalized spacial score (nSPS) is 25.3. The average Bonchev–Trinajstić information content (AvgIpc) is 1.59. The van der Waals surface area contributed by atoms with Crippen molar-refractivity contribution in [2.75, 3.05) is 9.80 Å². The van der Waals surface area contributed by atoms with Crippen molar-refractivity contribution in [3.05, 3.63) is 344 Å². The van der Waals surface area contributed by atoms with Crippen LogP contribution in [0, 0.1) is 52.8 Å². The summed E-state index contributed by atoms with van der Waals surface area (Å²) in [6, 6.07) is 124. The number of hydrogen-bond donors (Lipinski definition) is 0. The predicted molar refractivity (Wildman–Crippen MR) is 434 cm³/mol. The van der Waals surface area contributed by atoms with E-state index in [0.717, 1.165) is 35.0 Å². The zero-order valence-electron chi connectivity index (χ0n) is 58.9. The fourth-order valence-corrected chi connectivity index (χ4v) is 25.2. The maximum atomic E-state index is 2.62. The SMILES string of the molecule is c1ccc(-c2ccccc2N(c2cccc(-n3c4ccccc4c4cc(-c5ccc6c(c5)-c5cc(N(c7ccccc7-c7ccccc7)c7ccc(-c8ccccc8)c8ccccc78)ccc5C65C6CC7CC8CC5C786)ccc43)c2)c2ccc3c(c2)-c2ccccc2C32C3CCC4CC(C3)CC2C4)cc1. The monoisotopic (exact) mass is 1350 g/mol. The van der Waals surface area contributed by atoms with Crippen molar-refractivity contribution in [2.24, 2.45) is 52.8 Å². The van der Waals surface area contributed by atoms with Crippen LogP contribution in [0.5, 0.6) is 0 Å². The Morgan fingerprint density at radius 2 is 0.781 bits per heavy atom. The Morgan fingerprint density at radius 3 is 1.50 bits per heavy atom. The molecule has 25 rings (SSSR count). The standard InChI is InChI=1S/C102H79N3/c1-4-21-65(22-5-1)78-45-50-96(83-33-11-10-31-81(78)83)105(94-37-18-14-30-80(94)67-25-8-3-9-26-67)77-44-48-92-87(62-77)85-55-68(40-46-91(85)102(92)98-58-72-57-73-59-99(102)101(72,73)98)69-41-49-97-88(56-69)84-34-15-19-38-95(84)104(97)75-28-20-27-74(60-75)103(93-36-17-13-29-79(93)66-23-6-2-7-24-66)76-43-47-90-86(61-76)82-32-12-16-35-89(82)100(90)70-42-39-63-51-64(53-70)54-71(100)52-63/h1-38,40-41,43-50,55-56,60-64,70-73,98-99H,39,42,51-54,57-59H2. The molecule has 3 heteroatoms. The van der Waals surface area contributed by atoms with Gasteiger partial charge in [-0.1, -0.05) is 243 Å². The van der Waals surface area contributed by atoms with Gasteiger partial charge in [-0.15, -0.1) is 0 Å². The van der Waals surface area contributed by atoms with E-state index in [0.29, 0.717) is 29.1 Å². The molecule has 0 aliphatic heterocycles. The van der Waals surface area contributed by atoms with Crippen molar-refractivity contribution in [1.29, 1.82) is 0 Å². The number of nitrogens with zero attached hydrogens (tertiary/aromatic N) is 3. The lowest BCUT2D eigenvalue weighted by atomic mass is 9.11. The van der Waals surface area contributed by atoms with Crippen LogP contribution in [0.4, 0.5) is 34.1 Å². The lowest BCUT2D eigenvalue weighted by Gasteiger charge is -2.92. The van der Waals surface area contributed by atoms with Crippen molar-refractivity contribution in [3.8, 4) is 72.4 Å². The van der Waals surface area contributed by atoms with E-state index in [9.17, 15) is 0 Å². The number of hydrogen-bond acceptors (Lipinski definition) is 2. The van der Waals surface area contributed by atoms with Gasteiger partial charge in [-0.3, -0.25) is 0 Å². The summed E-state index contributed by atoms with van der Waals surface area (Å²) in [6.45, 7) is 0. The second-order valence-electron chi connectivity index (χ2n) is 32.9. The molecular formula is C102H79N3. The van der Waals surface area contributed by atoms with E-state index in [1.54, 1.807) is 22.3 Å². The highest BCUT2D eigenvalue weighted by Crippen LogP contribution is 2.95. The van der Waals surface area contributed by atoms with E-state index in [2.05, 4.69) is 336 Å². The minimum Gasteiger partial charge on any atom is -0.310 e. The minimum atomic E-state index is 0.0414. The summed E-state index contributed by atoms with van der Waals surface area (Å²) < 4.78 is 2.53. The van der Waals surface area contributed by atoms with E-state index in [4.69, 9.17) is 0 Å². The molecule has 8 saturated carbocycles. The van der Waals surface area contributed by atoms with Crippen LogP contribution in [0.15, 0.2) is 322 Å². The second kappa shape index (κ2) is 21.9. The molecule has 105 heavy (non-hydrogen) atoms. The van der Waals surface area contributed by atoms with Crippen LogP contribution in [-0.2, 0) is 10.8 Å². The topological polar surface area (TPSA) is 11.4 Å². The van der Waals surface area contributed by atoms with E-state index in [-0.39, 0.29) is 10.8 Å². The third-order valence-electron chi connectivity index (χ3n) is 28.9. The van der Waals surface area contributed by atoms with Crippen molar-refractivity contribution >= 4 is 66.7 Å². The molecule has 9 unspecified atom stereocenters. The van der Waals surface area contributed by atoms with Crippen LogP contribution in [0.1, 0.15) is 80.0 Å². The first kappa shape index (κ1) is 59.2. The zero-order chi connectivity index (χ0) is 68.4. The van der Waals surface area contributed by atoms with E-state index >= 15 is 0 Å². The quantitative estimate of drug-likeness (QED) is 0.128. The van der Waals surface area contributed by atoms with Crippen LogP contribution in [0.3, 0.4) is 0 Å². The zero-order valence-corrected chi connectivity index (χ0v) is 58.9. The molecule has 1 aromatic heterocycles. The summed E-state index contributed by atoms with van der Waals surface area (Å²) in [4.78, 5) is 5.16. The molecule has 15 aromatic rings. The first-order valence-corrected chi connectivity index (χ1v) is 39.2. The van der Waals surface area contributed by atoms with Crippen molar-refractivity contribution < 1.29 is 0 Å². The third kappa shape index (κ3) is 7.86. The van der Waals surface area contributed by atoms with Crippen LogP contribution >= 0.6 is 0 Å². The number of benzene rings is 14. The molecule has 14 aromatic carbocycles. The van der Waals surface area contributed by atoms with E-state index in [1.807, 2.05) is 0 Å². The summed E-state index contributed by atoms with van der Waals surface area (Å²) in [6.07, 6.45) is 12.5. The smallest absolute Gasteiger partial charge is 0.0541 e. The summed E-state index contributed by atoms with van der Waals surface area (Å²) in [7, 11) is 0. The molecule has 1 heterocycles. The minimum absolute atomic E-state index is 0.0414. The molecule has 8 fully saturated rings. The number of aromatic nitrogens is 1. The Labute approximate surface area is 614 Å². The largest absolute Gasteiger partial charge is 0.310 e. The van der Waals surface area contributed by atoms with Crippen molar-refractivity contribution in [2.45, 2.75) is 68.6 Å². The first-order valence-electron chi connectivity index (χ1n) is 39.2. The Kier molecular flexibility index (Phi) is 12.3. The fraction of sp³-hybridized carbons (Fsp3) is 0.196. The summed E-state index contributed by atoms with van der Waals surface area (Å²) in [5, 5.41) is 4.99. The molecule has 10 aliphatic carbocycles. The van der Waals surface area contributed by atoms with Crippen molar-refractivity contribution in [3.63, 3.8) is 0 Å². The summed E-state index contributed by atoms with van der Waals surface area (Å²) >= 11 is 0. The second-order valence-corrected chi connectivity index (χ2v) is 32.9. The van der Waals surface area contributed by atoms with Gasteiger partial charge in [-0.05, 0) is 272 Å². The van der Waals surface area contributed by atoms with Gasteiger partial charge in [0.25, 0.3) is 0 Å². The lowest BCUT2D eigenvalue weighted by molar-refractivity contribution is -0.412. The van der Waals surface area contributed by atoms with Gasteiger partial charge in [0.05, 0.1) is 28.1 Å². The third-order valence-corrected chi connectivity index (χ3v) is 28.9. The van der Waals surface area contributed by atoms with Crippen LogP contribution < -0.4 is 9.80 Å². The van der Waals surface area contributed by atoms with Crippen molar-refractivity contribution in [1.82, 2.24) is 4.57 Å². The van der Waals surface area contributed by atoms with Crippen LogP contribution in [0.2, 0.25) is 0 Å². The Morgan fingerprint density at radius 1 is 0.257 bits per heavy atom. The van der Waals surface area contributed by atoms with Gasteiger partial charge < -0.3 is 14.4 Å². The Balaban J connectivity index is 0.652. The maximum Gasteiger partial charge on any atom is 0.0541 e. The molecule has 0 saturated heterocycles. The van der Waals surface area contributed by atoms with Gasteiger partial charge in [0, 0.05) is 60.9 Å². The highest BCUT2D eigenvalue weighted by molar-refractivity contribution is 6.11. The van der Waals surface area contributed by atoms with E-state index < -0.39 is 0 Å². The molecular weight excluding hydrogens is 1270 g/mol. The van der Waals surface area contributed by atoms with Gasteiger partial charge in [-0.2, -0.15) is 0 Å². The fourth-order valence-electron chi connectivity index (χ4n) is 25.2. The molecule has 9 atom stereocenters. The average molecular weight is 1350 g/mol. The molecule has 0 amide bonds. The number of anilines is 6. The van der Waals surface area contributed by atoms with Crippen LogP contribution in [-0.4, -0.2) is 4.57 Å². The first-order chi connectivity index (χ1) is 52.0. The highest BCUT2D eigenvalue weighted by atomic mass is 15.2. The lowest BCUT2D eigenvalue weighted by Crippen LogP contribution is -2.88. The molecule has 4 bridgehead atoms. The highest BCUT2D eigenvalue weighted by Gasteiger charge is 2.90. The van der Waals surface area contributed by atoms with Gasteiger partial charge in [-0.25, -0.2) is 0 Å². The number of fused-ring (bicyclic) bond motifs is 15. The van der Waals surface area contributed by atoms with Gasteiger partial charge in [0.1, 0.15) is 0 Å². The van der Waals surface area contributed by atoms with Crippen LogP contribution in [0.25, 0.3) is 105 Å². The molecule has 10 aliphatic rings. The van der Waals surface area contributed by atoms with Gasteiger partial charge >= 0.3 is 0 Å². The number of rotatable bonds is 11. The predicted octanol–water partition coefficient (Wildman–Crippen LogP) is 26.6. The number of para-hydroxylation sites is 3. The van der Waals surface area contributed by atoms with E-state index in [1.165, 1.54) is 186 Å². The van der Waals surface area contributed by atoms with Gasteiger partial charge in [0.15, 0.2) is 0 Å². The molecule has 3 nitrogen and oxygen atoms in total. The molecule has 502 valence electrons. The molecule has 0 radical (unpaired) electrons. The maximum absolute atomic E-state index is 2.62. The summed E-state index contributed by atoms with van der Waals surface area (Å²) in [5.41, 5.74) is 33.1. The molecule has 0 N–H and O–H groups in total. The Hall–Kier alpha value is -11.3. The van der Waals surface area contributed by atoms with Gasteiger partial charge in [0.2, 0.25) is 0 Å². The molecule has 3 spiro atoms.